The predicted molar refractivity (Wildman–Crippen MR) is 106 cm³/mol. The van der Waals surface area contributed by atoms with E-state index < -0.39 is 17.4 Å². The molecule has 28 heavy (non-hydrogen) atoms. The Kier molecular flexibility index (Phi) is 4.52. The van der Waals surface area contributed by atoms with Crippen LogP contribution in [0.2, 0.25) is 5.02 Å². The smallest absolute Gasteiger partial charge is 0.279 e. The minimum Gasteiger partial charge on any atom is -0.466 e. The molecule has 1 aliphatic heterocycles. The Balaban J connectivity index is 1.47. The van der Waals surface area contributed by atoms with Crippen molar-refractivity contribution >= 4 is 34.9 Å². The van der Waals surface area contributed by atoms with Gasteiger partial charge >= 0.3 is 0 Å². The summed E-state index contributed by atoms with van der Waals surface area (Å²) in [5.74, 6) is -0.371. The van der Waals surface area contributed by atoms with Crippen molar-refractivity contribution in [2.45, 2.75) is 19.1 Å². The van der Waals surface area contributed by atoms with Gasteiger partial charge in [0.15, 0.2) is 5.82 Å². The predicted octanol–water partition coefficient (Wildman–Crippen LogP) is 3.31. The summed E-state index contributed by atoms with van der Waals surface area (Å²) in [7, 11) is 0. The summed E-state index contributed by atoms with van der Waals surface area (Å²) in [5, 5.41) is 10.3. The molecular weight excluding hydrogens is 380 g/mol. The van der Waals surface area contributed by atoms with E-state index in [0.717, 1.165) is 5.56 Å². The number of benzene rings is 2. The molecule has 0 fully saturated rings. The number of fused-ring (bicyclic) bond motifs is 1. The molecule has 1 atom stereocenters. The minimum absolute atomic E-state index is 0.329. The summed E-state index contributed by atoms with van der Waals surface area (Å²) in [6, 6.07) is 16.0. The lowest BCUT2D eigenvalue weighted by molar-refractivity contribution is -0.143. The summed E-state index contributed by atoms with van der Waals surface area (Å²) >= 11 is 5.89. The van der Waals surface area contributed by atoms with E-state index in [9.17, 15) is 9.59 Å². The molecule has 2 heterocycles. The fourth-order valence-electron chi connectivity index (χ4n) is 2.85. The van der Waals surface area contributed by atoms with Crippen LogP contribution in [0.4, 0.5) is 11.5 Å². The number of hydrogen-bond acceptors (Lipinski definition) is 4. The van der Waals surface area contributed by atoms with E-state index in [1.54, 1.807) is 53.3 Å². The Morgan fingerprint density at radius 2 is 1.96 bits per heavy atom. The third-order valence-corrected chi connectivity index (χ3v) is 4.71. The molecule has 0 bridgehead atoms. The number of nitrogens with one attached hydrogen (secondary N) is 2. The van der Waals surface area contributed by atoms with E-state index in [-0.39, 0.29) is 0 Å². The van der Waals surface area contributed by atoms with Gasteiger partial charge in [-0.15, -0.1) is 0 Å². The fourth-order valence-corrected chi connectivity index (χ4v) is 2.97. The number of rotatable bonds is 4. The van der Waals surface area contributed by atoms with Gasteiger partial charge in [-0.05, 0) is 36.8 Å². The van der Waals surface area contributed by atoms with Gasteiger partial charge < -0.3 is 15.4 Å². The molecule has 2 aromatic carbocycles. The monoisotopic (exact) mass is 396 g/mol. The van der Waals surface area contributed by atoms with Crippen LogP contribution in [0.3, 0.4) is 0 Å². The van der Waals surface area contributed by atoms with Gasteiger partial charge in [-0.25, -0.2) is 0 Å². The summed E-state index contributed by atoms with van der Waals surface area (Å²) in [4.78, 5) is 25.2. The maximum atomic E-state index is 12.8. The normalized spacial score (nSPS) is 18.0. The maximum Gasteiger partial charge on any atom is 0.279 e. The molecule has 0 aliphatic carbocycles. The Bertz CT molecular complexity index is 1050. The number of nitrogens with zero attached hydrogens (tertiary/aromatic N) is 2. The summed E-state index contributed by atoms with van der Waals surface area (Å²) < 4.78 is 7.39. The van der Waals surface area contributed by atoms with Crippen molar-refractivity contribution in [2.75, 3.05) is 10.6 Å². The van der Waals surface area contributed by atoms with Crippen LogP contribution < -0.4 is 15.4 Å². The molecule has 1 aromatic heterocycles. The highest BCUT2D eigenvalue weighted by Crippen LogP contribution is 2.33. The second-order valence-corrected chi connectivity index (χ2v) is 7.00. The van der Waals surface area contributed by atoms with Gasteiger partial charge in [-0.2, -0.15) is 5.10 Å². The number of hydrogen-bond donors (Lipinski definition) is 2. The zero-order valence-corrected chi connectivity index (χ0v) is 15.7. The van der Waals surface area contributed by atoms with Crippen molar-refractivity contribution in [3.05, 3.63) is 71.4 Å². The molecule has 0 saturated heterocycles. The number of halogens is 1. The van der Waals surface area contributed by atoms with Crippen molar-refractivity contribution in [3.63, 3.8) is 0 Å². The first-order chi connectivity index (χ1) is 13.4. The maximum absolute atomic E-state index is 12.8. The van der Waals surface area contributed by atoms with E-state index in [1.807, 2.05) is 12.1 Å². The van der Waals surface area contributed by atoms with Crippen LogP contribution in [0.15, 0.2) is 60.8 Å². The highest BCUT2D eigenvalue weighted by atomic mass is 35.5. The second kappa shape index (κ2) is 7.01. The molecule has 4 rings (SSSR count). The first-order valence-electron chi connectivity index (χ1n) is 8.63. The number of para-hydroxylation sites is 2. The van der Waals surface area contributed by atoms with Gasteiger partial charge in [0.1, 0.15) is 5.75 Å². The SMILES string of the molecule is CC1(C(=O)Nc2ccn(Cc3ccc(Cl)cc3)n2)Oc2ccccc2NC1=O. The number of carbonyl (C=O) groups is 2. The zero-order valence-electron chi connectivity index (χ0n) is 15.0. The van der Waals surface area contributed by atoms with Gasteiger partial charge in [0.2, 0.25) is 0 Å². The largest absolute Gasteiger partial charge is 0.466 e. The molecular formula is C20H17ClN4O3. The van der Waals surface area contributed by atoms with Gasteiger partial charge in [0.25, 0.3) is 17.4 Å². The summed E-state index contributed by atoms with van der Waals surface area (Å²) in [6.07, 6.45) is 1.74. The van der Waals surface area contributed by atoms with Crippen LogP contribution in [-0.2, 0) is 16.1 Å². The van der Waals surface area contributed by atoms with E-state index in [4.69, 9.17) is 16.3 Å². The zero-order chi connectivity index (χ0) is 19.7. The summed E-state index contributed by atoms with van der Waals surface area (Å²) in [6.45, 7) is 1.95. The Hall–Kier alpha value is -3.32. The van der Waals surface area contributed by atoms with Gasteiger partial charge in [0, 0.05) is 17.3 Å². The van der Waals surface area contributed by atoms with Crippen molar-refractivity contribution in [2.24, 2.45) is 0 Å². The Morgan fingerprint density at radius 1 is 1.21 bits per heavy atom. The van der Waals surface area contributed by atoms with Gasteiger partial charge in [0.05, 0.1) is 12.2 Å². The van der Waals surface area contributed by atoms with E-state index in [2.05, 4.69) is 15.7 Å². The molecule has 0 spiro atoms. The van der Waals surface area contributed by atoms with Gasteiger partial charge in [-0.1, -0.05) is 35.9 Å². The molecule has 7 nitrogen and oxygen atoms in total. The number of ether oxygens (including phenoxy) is 1. The molecule has 1 aliphatic rings. The number of carbonyl (C=O) groups excluding carboxylic acids is 2. The van der Waals surface area contributed by atoms with Crippen LogP contribution in [0.1, 0.15) is 12.5 Å². The molecule has 3 aromatic rings. The third-order valence-electron chi connectivity index (χ3n) is 4.46. The average molecular weight is 397 g/mol. The first-order valence-corrected chi connectivity index (χ1v) is 9.01. The van der Waals surface area contributed by atoms with Gasteiger partial charge in [-0.3, -0.25) is 14.3 Å². The molecule has 2 amide bonds. The van der Waals surface area contributed by atoms with Crippen molar-refractivity contribution in [1.82, 2.24) is 9.78 Å². The van der Waals surface area contributed by atoms with Crippen LogP contribution >= 0.6 is 11.6 Å². The Labute approximate surface area is 166 Å². The lowest BCUT2D eigenvalue weighted by Gasteiger charge is -2.32. The van der Waals surface area contributed by atoms with E-state index >= 15 is 0 Å². The quantitative estimate of drug-likeness (QED) is 0.662. The lowest BCUT2D eigenvalue weighted by Crippen LogP contribution is -2.56. The molecule has 142 valence electrons. The molecule has 0 radical (unpaired) electrons. The molecule has 8 heteroatoms. The second-order valence-electron chi connectivity index (χ2n) is 6.56. The van der Waals surface area contributed by atoms with Crippen LogP contribution in [0, 0.1) is 0 Å². The van der Waals surface area contributed by atoms with Crippen molar-refractivity contribution < 1.29 is 14.3 Å². The number of aromatic nitrogens is 2. The lowest BCUT2D eigenvalue weighted by atomic mass is 10.0. The van der Waals surface area contributed by atoms with Crippen LogP contribution in [0.25, 0.3) is 0 Å². The van der Waals surface area contributed by atoms with E-state index in [1.165, 1.54) is 6.92 Å². The number of amides is 2. The minimum atomic E-state index is -1.70. The third kappa shape index (κ3) is 3.44. The summed E-state index contributed by atoms with van der Waals surface area (Å²) in [5.41, 5.74) is -0.150. The van der Waals surface area contributed by atoms with Crippen LogP contribution in [-0.4, -0.2) is 27.2 Å². The highest BCUT2D eigenvalue weighted by Gasteiger charge is 2.47. The van der Waals surface area contributed by atoms with Crippen molar-refractivity contribution in [1.29, 1.82) is 0 Å². The fraction of sp³-hybridized carbons (Fsp3) is 0.150. The standard InChI is InChI=1S/C20H17ClN4O3/c1-20(18(26)22-15-4-2-3-5-16(15)28-20)19(27)23-17-10-11-25(24-17)12-13-6-8-14(21)9-7-13/h2-11H,12H2,1H3,(H,22,26)(H,23,24,27). The molecule has 1 unspecified atom stereocenters. The topological polar surface area (TPSA) is 85.2 Å². The highest BCUT2D eigenvalue weighted by molar-refractivity contribution is 6.30. The van der Waals surface area contributed by atoms with Crippen LogP contribution in [0.5, 0.6) is 5.75 Å². The molecule has 0 saturated carbocycles. The average Bonchev–Trinajstić information content (AvgIpc) is 3.11. The number of anilines is 2. The van der Waals surface area contributed by atoms with Crippen molar-refractivity contribution in [3.8, 4) is 5.75 Å². The first kappa shape index (κ1) is 18.1. The van der Waals surface area contributed by atoms with E-state index in [0.29, 0.717) is 28.8 Å². The Morgan fingerprint density at radius 3 is 2.75 bits per heavy atom. The molecule has 2 N–H and O–H groups in total.